The highest BCUT2D eigenvalue weighted by Gasteiger charge is 2.30. The zero-order chi connectivity index (χ0) is 18.5. The van der Waals surface area contributed by atoms with Gasteiger partial charge < -0.3 is 15.4 Å². The van der Waals surface area contributed by atoms with Gasteiger partial charge in [0.05, 0.1) is 12.9 Å². The standard InChI is InChI=1S/C17H21N5O3S/c1-25-12-7-5-11(6-8-12)16-19-17(21-20-16)26-10-14(23)22-9-3-2-4-13(22)15(18)24/h5-8,13H,2-4,9-10H2,1H3,(H2,18,24)(H,19,20,21)/t13-/m0/s1. The van der Waals surface area contributed by atoms with Crippen LogP contribution >= 0.6 is 11.8 Å². The van der Waals surface area contributed by atoms with E-state index in [0.29, 0.717) is 23.9 Å². The molecule has 26 heavy (non-hydrogen) atoms. The van der Waals surface area contributed by atoms with Crippen molar-refractivity contribution in [2.45, 2.75) is 30.5 Å². The van der Waals surface area contributed by atoms with E-state index < -0.39 is 11.9 Å². The summed E-state index contributed by atoms with van der Waals surface area (Å²) in [6.07, 6.45) is 2.44. The molecule has 0 saturated carbocycles. The van der Waals surface area contributed by atoms with Gasteiger partial charge in [0, 0.05) is 12.1 Å². The first-order valence-electron chi connectivity index (χ1n) is 8.37. The highest BCUT2D eigenvalue weighted by Crippen LogP contribution is 2.23. The molecule has 0 radical (unpaired) electrons. The largest absolute Gasteiger partial charge is 0.497 e. The van der Waals surface area contributed by atoms with E-state index in [2.05, 4.69) is 15.2 Å². The predicted molar refractivity (Wildman–Crippen MR) is 97.6 cm³/mol. The van der Waals surface area contributed by atoms with Gasteiger partial charge in [-0.05, 0) is 43.5 Å². The summed E-state index contributed by atoms with van der Waals surface area (Å²) < 4.78 is 5.13. The summed E-state index contributed by atoms with van der Waals surface area (Å²) in [5, 5.41) is 7.49. The molecule has 1 atom stereocenters. The Morgan fingerprint density at radius 3 is 2.81 bits per heavy atom. The highest BCUT2D eigenvalue weighted by molar-refractivity contribution is 7.99. The molecule has 2 aromatic rings. The Hall–Kier alpha value is -2.55. The van der Waals surface area contributed by atoms with Gasteiger partial charge in [-0.1, -0.05) is 11.8 Å². The summed E-state index contributed by atoms with van der Waals surface area (Å²) in [5.74, 6) is 0.996. The molecule has 1 aliphatic heterocycles. The molecule has 3 N–H and O–H groups in total. The van der Waals surface area contributed by atoms with Crippen LogP contribution < -0.4 is 10.5 Å². The van der Waals surface area contributed by atoms with Crippen molar-refractivity contribution >= 4 is 23.6 Å². The van der Waals surface area contributed by atoms with E-state index in [1.54, 1.807) is 12.0 Å². The molecule has 138 valence electrons. The molecule has 1 saturated heterocycles. The number of aromatic amines is 1. The number of benzene rings is 1. The van der Waals surface area contributed by atoms with E-state index >= 15 is 0 Å². The highest BCUT2D eigenvalue weighted by atomic mass is 32.2. The van der Waals surface area contributed by atoms with Crippen molar-refractivity contribution in [1.29, 1.82) is 0 Å². The normalized spacial score (nSPS) is 17.1. The molecular formula is C17H21N5O3S. The van der Waals surface area contributed by atoms with Crippen LogP contribution in [0, 0.1) is 0 Å². The summed E-state index contributed by atoms with van der Waals surface area (Å²) in [6.45, 7) is 0.568. The van der Waals surface area contributed by atoms with Crippen LogP contribution in [0.5, 0.6) is 5.75 Å². The number of hydrogen-bond donors (Lipinski definition) is 2. The van der Waals surface area contributed by atoms with Gasteiger partial charge in [0.2, 0.25) is 17.0 Å². The topological polar surface area (TPSA) is 114 Å². The monoisotopic (exact) mass is 375 g/mol. The van der Waals surface area contributed by atoms with Crippen LogP contribution in [0.3, 0.4) is 0 Å². The first kappa shape index (κ1) is 18.2. The van der Waals surface area contributed by atoms with Gasteiger partial charge in [0.25, 0.3) is 0 Å². The van der Waals surface area contributed by atoms with Crippen LogP contribution in [-0.4, -0.2) is 57.3 Å². The van der Waals surface area contributed by atoms with E-state index in [4.69, 9.17) is 10.5 Å². The number of likely N-dealkylation sites (tertiary alicyclic amines) is 1. The minimum Gasteiger partial charge on any atom is -0.497 e. The summed E-state index contributed by atoms with van der Waals surface area (Å²) in [6, 6.07) is 6.94. The number of amides is 2. The maximum atomic E-state index is 12.5. The third-order valence-corrected chi connectivity index (χ3v) is 5.14. The molecule has 0 unspecified atom stereocenters. The minimum absolute atomic E-state index is 0.116. The van der Waals surface area contributed by atoms with Crippen molar-refractivity contribution in [2.75, 3.05) is 19.4 Å². The lowest BCUT2D eigenvalue weighted by atomic mass is 10.0. The number of methoxy groups -OCH3 is 1. The smallest absolute Gasteiger partial charge is 0.240 e. The molecule has 1 fully saturated rings. The summed E-state index contributed by atoms with van der Waals surface area (Å²) in [7, 11) is 1.61. The first-order chi connectivity index (χ1) is 12.6. The maximum absolute atomic E-state index is 12.5. The zero-order valence-corrected chi connectivity index (χ0v) is 15.3. The number of piperidine rings is 1. The van der Waals surface area contributed by atoms with Crippen molar-refractivity contribution in [1.82, 2.24) is 20.1 Å². The van der Waals surface area contributed by atoms with Gasteiger partial charge >= 0.3 is 0 Å². The summed E-state index contributed by atoms with van der Waals surface area (Å²) in [5.41, 5.74) is 6.29. The molecule has 9 heteroatoms. The Morgan fingerprint density at radius 2 is 2.12 bits per heavy atom. The Kier molecular flexibility index (Phi) is 5.77. The molecule has 2 amide bonds. The molecule has 8 nitrogen and oxygen atoms in total. The Morgan fingerprint density at radius 1 is 1.35 bits per heavy atom. The Balaban J connectivity index is 1.60. The molecule has 0 spiro atoms. The number of carbonyl (C=O) groups is 2. The Bertz CT molecular complexity index is 777. The fourth-order valence-corrected chi connectivity index (χ4v) is 3.61. The molecule has 0 bridgehead atoms. The molecular weight excluding hydrogens is 354 g/mol. The van der Waals surface area contributed by atoms with Gasteiger partial charge in [-0.2, -0.15) is 0 Å². The summed E-state index contributed by atoms with van der Waals surface area (Å²) >= 11 is 1.24. The van der Waals surface area contributed by atoms with Crippen LogP contribution in [-0.2, 0) is 9.59 Å². The molecule has 1 aromatic heterocycles. The second kappa shape index (κ2) is 8.22. The minimum atomic E-state index is -0.501. The van der Waals surface area contributed by atoms with Crippen molar-refractivity contribution in [3.63, 3.8) is 0 Å². The lowest BCUT2D eigenvalue weighted by Crippen LogP contribution is -2.51. The SMILES string of the molecule is COc1ccc(-c2nc(SCC(=O)N3CCCC[C@H]3C(N)=O)n[nH]2)cc1. The van der Waals surface area contributed by atoms with Crippen molar-refractivity contribution < 1.29 is 14.3 Å². The number of aromatic nitrogens is 3. The first-order valence-corrected chi connectivity index (χ1v) is 9.35. The van der Waals surface area contributed by atoms with Crippen LogP contribution in [0.2, 0.25) is 0 Å². The summed E-state index contributed by atoms with van der Waals surface area (Å²) in [4.78, 5) is 30.0. The van der Waals surface area contributed by atoms with Crippen LogP contribution in [0.1, 0.15) is 19.3 Å². The lowest BCUT2D eigenvalue weighted by Gasteiger charge is -2.33. The van der Waals surface area contributed by atoms with Crippen LogP contribution in [0.15, 0.2) is 29.4 Å². The van der Waals surface area contributed by atoms with Gasteiger partial charge in [0.1, 0.15) is 11.8 Å². The molecule has 2 heterocycles. The van der Waals surface area contributed by atoms with Gasteiger partial charge in [-0.25, -0.2) is 4.98 Å². The molecule has 1 aromatic carbocycles. The Labute approximate surface area is 155 Å². The van der Waals surface area contributed by atoms with Crippen molar-refractivity contribution in [3.05, 3.63) is 24.3 Å². The second-order valence-corrected chi connectivity index (χ2v) is 6.93. The lowest BCUT2D eigenvalue weighted by molar-refractivity contribution is -0.138. The van der Waals surface area contributed by atoms with E-state index in [-0.39, 0.29) is 11.7 Å². The number of rotatable bonds is 6. The van der Waals surface area contributed by atoms with E-state index in [1.807, 2.05) is 24.3 Å². The van der Waals surface area contributed by atoms with Gasteiger partial charge in [-0.15, -0.1) is 5.10 Å². The zero-order valence-electron chi connectivity index (χ0n) is 14.5. The van der Waals surface area contributed by atoms with Crippen molar-refractivity contribution in [2.24, 2.45) is 5.73 Å². The average Bonchev–Trinajstić information content (AvgIpc) is 3.15. The number of ether oxygens (including phenoxy) is 1. The van der Waals surface area contributed by atoms with Crippen LogP contribution in [0.25, 0.3) is 11.4 Å². The molecule has 1 aliphatic rings. The number of H-pyrrole nitrogens is 1. The fraction of sp³-hybridized carbons (Fsp3) is 0.412. The second-order valence-electron chi connectivity index (χ2n) is 5.98. The molecule has 0 aliphatic carbocycles. The fourth-order valence-electron chi connectivity index (χ4n) is 2.92. The molecule has 3 rings (SSSR count). The van der Waals surface area contributed by atoms with Crippen LogP contribution in [0.4, 0.5) is 0 Å². The number of nitrogens with zero attached hydrogens (tertiary/aromatic N) is 3. The van der Waals surface area contributed by atoms with Crippen molar-refractivity contribution in [3.8, 4) is 17.1 Å². The van der Waals surface area contributed by atoms with E-state index in [9.17, 15) is 9.59 Å². The predicted octanol–water partition coefficient (Wildman–Crippen LogP) is 1.44. The van der Waals surface area contributed by atoms with E-state index in [0.717, 1.165) is 24.2 Å². The third kappa shape index (κ3) is 4.16. The number of carbonyl (C=O) groups excluding carboxylic acids is 2. The number of nitrogens with two attached hydrogens (primary N) is 1. The van der Waals surface area contributed by atoms with Gasteiger partial charge in [0.15, 0.2) is 5.82 Å². The van der Waals surface area contributed by atoms with E-state index in [1.165, 1.54) is 11.8 Å². The average molecular weight is 375 g/mol. The number of thioether (sulfide) groups is 1. The third-order valence-electron chi connectivity index (χ3n) is 4.30. The maximum Gasteiger partial charge on any atom is 0.240 e. The number of primary amides is 1. The number of nitrogens with one attached hydrogen (secondary N) is 1. The number of hydrogen-bond acceptors (Lipinski definition) is 6. The quantitative estimate of drug-likeness (QED) is 0.739. The van der Waals surface area contributed by atoms with Gasteiger partial charge in [-0.3, -0.25) is 14.7 Å².